The first-order chi connectivity index (χ1) is 6.59. The van der Waals surface area contributed by atoms with E-state index in [4.69, 9.17) is 0 Å². The molecule has 1 aromatic carbocycles. The summed E-state index contributed by atoms with van der Waals surface area (Å²) in [6.07, 6.45) is -2.41. The van der Waals surface area contributed by atoms with Gasteiger partial charge in [-0.15, -0.1) is 0 Å². The number of halogens is 4. The molecular formula is C9H9BrF3N. The number of hydrogen-bond acceptors (Lipinski definition) is 1. The fraction of sp³-hybridized carbons (Fsp3) is 0.333. The van der Waals surface area contributed by atoms with E-state index >= 15 is 0 Å². The average molecular weight is 268 g/mol. The number of hydrogen-bond donors (Lipinski definition) is 1. The van der Waals surface area contributed by atoms with Gasteiger partial charge in [0.25, 0.3) is 6.43 Å². The number of benzene rings is 1. The van der Waals surface area contributed by atoms with Crippen LogP contribution in [0.1, 0.15) is 5.56 Å². The molecule has 5 heteroatoms. The quantitative estimate of drug-likeness (QED) is 0.885. The fourth-order valence-electron chi connectivity index (χ4n) is 0.981. The Hall–Kier alpha value is -0.550. The van der Waals surface area contributed by atoms with E-state index in [9.17, 15) is 13.2 Å². The van der Waals surface area contributed by atoms with Crippen molar-refractivity contribution in [3.05, 3.63) is 34.1 Å². The molecule has 0 unspecified atom stereocenters. The van der Waals surface area contributed by atoms with E-state index < -0.39 is 18.8 Å². The summed E-state index contributed by atoms with van der Waals surface area (Å²) < 4.78 is 37.2. The minimum absolute atomic E-state index is 0.115. The Morgan fingerprint density at radius 1 is 1.36 bits per heavy atom. The van der Waals surface area contributed by atoms with Crippen LogP contribution in [-0.4, -0.2) is 13.0 Å². The van der Waals surface area contributed by atoms with Crippen LogP contribution in [0.15, 0.2) is 22.7 Å². The molecule has 78 valence electrons. The minimum atomic E-state index is -2.41. The van der Waals surface area contributed by atoms with Gasteiger partial charge in [-0.1, -0.05) is 22.0 Å². The van der Waals surface area contributed by atoms with E-state index in [2.05, 4.69) is 21.2 Å². The summed E-state index contributed by atoms with van der Waals surface area (Å²) in [6, 6.07) is 4.53. The third kappa shape index (κ3) is 3.67. The lowest BCUT2D eigenvalue weighted by molar-refractivity contribution is 0.145. The summed E-state index contributed by atoms with van der Waals surface area (Å²) >= 11 is 3.11. The van der Waals surface area contributed by atoms with Crippen molar-refractivity contribution in [2.75, 3.05) is 6.54 Å². The van der Waals surface area contributed by atoms with E-state index in [0.29, 0.717) is 10.0 Å². The lowest BCUT2D eigenvalue weighted by atomic mass is 10.2. The summed E-state index contributed by atoms with van der Waals surface area (Å²) in [4.78, 5) is 0. The van der Waals surface area contributed by atoms with Crippen LogP contribution in [0.3, 0.4) is 0 Å². The Morgan fingerprint density at radius 3 is 2.64 bits per heavy atom. The van der Waals surface area contributed by atoms with Crippen molar-refractivity contribution in [3.63, 3.8) is 0 Å². The van der Waals surface area contributed by atoms with Crippen molar-refractivity contribution in [2.24, 2.45) is 0 Å². The molecular weight excluding hydrogens is 259 g/mol. The lowest BCUT2D eigenvalue weighted by Gasteiger charge is -2.05. The van der Waals surface area contributed by atoms with Gasteiger partial charge in [-0.25, -0.2) is 13.2 Å². The highest BCUT2D eigenvalue weighted by Gasteiger charge is 2.04. The monoisotopic (exact) mass is 267 g/mol. The van der Waals surface area contributed by atoms with Crippen molar-refractivity contribution in [1.29, 1.82) is 0 Å². The molecule has 1 nitrogen and oxygen atoms in total. The van der Waals surface area contributed by atoms with E-state index in [1.165, 1.54) is 6.07 Å². The maximum Gasteiger partial charge on any atom is 0.250 e. The molecule has 0 radical (unpaired) electrons. The highest BCUT2D eigenvalue weighted by Crippen LogP contribution is 2.14. The molecule has 0 aliphatic carbocycles. The third-order valence-corrected chi connectivity index (χ3v) is 2.12. The summed E-state index contributed by atoms with van der Waals surface area (Å²) in [5.41, 5.74) is 0.383. The van der Waals surface area contributed by atoms with Crippen molar-refractivity contribution in [2.45, 2.75) is 13.0 Å². The van der Waals surface area contributed by atoms with Gasteiger partial charge in [-0.2, -0.15) is 0 Å². The van der Waals surface area contributed by atoms with Gasteiger partial charge in [-0.3, -0.25) is 0 Å². The highest BCUT2D eigenvalue weighted by molar-refractivity contribution is 9.10. The predicted octanol–water partition coefficient (Wildman–Crippen LogP) is 2.94. The number of alkyl halides is 2. The molecule has 0 heterocycles. The summed E-state index contributed by atoms with van der Waals surface area (Å²) in [5, 5.41) is 2.46. The lowest BCUT2D eigenvalue weighted by Crippen LogP contribution is -2.21. The first kappa shape index (κ1) is 11.5. The first-order valence-corrected chi connectivity index (χ1v) is 4.81. The zero-order valence-electron chi connectivity index (χ0n) is 7.24. The second-order valence-electron chi connectivity index (χ2n) is 2.76. The molecule has 0 saturated carbocycles. The molecule has 0 aliphatic rings. The highest BCUT2D eigenvalue weighted by atomic mass is 79.9. The summed E-state index contributed by atoms with van der Waals surface area (Å²) in [5.74, 6) is -0.402. The molecule has 14 heavy (non-hydrogen) atoms. The van der Waals surface area contributed by atoms with Gasteiger partial charge in [0.05, 0.1) is 6.54 Å². The SMILES string of the molecule is Fc1cc(Br)ccc1CNCC(F)F. The van der Waals surface area contributed by atoms with Crippen molar-refractivity contribution in [3.8, 4) is 0 Å². The fourth-order valence-corrected chi connectivity index (χ4v) is 1.31. The molecule has 1 aromatic rings. The maximum atomic E-state index is 13.1. The van der Waals surface area contributed by atoms with Gasteiger partial charge >= 0.3 is 0 Å². The Labute approximate surface area is 88.4 Å². The van der Waals surface area contributed by atoms with Gasteiger partial charge in [0.1, 0.15) is 5.82 Å². The van der Waals surface area contributed by atoms with Gasteiger partial charge < -0.3 is 5.32 Å². The molecule has 0 fully saturated rings. The van der Waals surface area contributed by atoms with Crippen LogP contribution in [0.25, 0.3) is 0 Å². The average Bonchev–Trinajstić information content (AvgIpc) is 2.08. The largest absolute Gasteiger partial charge is 0.307 e. The molecule has 0 atom stereocenters. The van der Waals surface area contributed by atoms with Crippen LogP contribution < -0.4 is 5.32 Å². The zero-order valence-corrected chi connectivity index (χ0v) is 8.82. The molecule has 1 rings (SSSR count). The van der Waals surface area contributed by atoms with Crippen LogP contribution in [0.2, 0.25) is 0 Å². The standard InChI is InChI=1S/C9H9BrF3N/c10-7-2-1-6(8(11)3-7)4-14-5-9(12)13/h1-3,9,14H,4-5H2. The predicted molar refractivity (Wildman–Crippen MR) is 51.8 cm³/mol. The van der Waals surface area contributed by atoms with Gasteiger partial charge in [0.2, 0.25) is 0 Å². The molecule has 0 spiro atoms. The van der Waals surface area contributed by atoms with E-state index in [0.717, 1.165) is 0 Å². The maximum absolute atomic E-state index is 13.1. The van der Waals surface area contributed by atoms with Crippen molar-refractivity contribution >= 4 is 15.9 Å². The van der Waals surface area contributed by atoms with Crippen molar-refractivity contribution in [1.82, 2.24) is 5.32 Å². The number of rotatable bonds is 4. The second-order valence-corrected chi connectivity index (χ2v) is 3.67. The van der Waals surface area contributed by atoms with E-state index in [1.54, 1.807) is 12.1 Å². The Bertz CT molecular complexity index is 304. The molecule has 0 aromatic heterocycles. The molecule has 1 N–H and O–H groups in total. The topological polar surface area (TPSA) is 12.0 Å². The van der Waals surface area contributed by atoms with Crippen LogP contribution in [0, 0.1) is 5.82 Å². The van der Waals surface area contributed by atoms with Gasteiger partial charge in [0, 0.05) is 16.6 Å². The molecule has 0 amide bonds. The van der Waals surface area contributed by atoms with E-state index in [-0.39, 0.29) is 6.54 Å². The minimum Gasteiger partial charge on any atom is -0.307 e. The van der Waals surface area contributed by atoms with E-state index in [1.807, 2.05) is 0 Å². The smallest absolute Gasteiger partial charge is 0.250 e. The van der Waals surface area contributed by atoms with Crippen LogP contribution in [-0.2, 0) is 6.54 Å². The van der Waals surface area contributed by atoms with Crippen molar-refractivity contribution < 1.29 is 13.2 Å². The Kier molecular flexibility index (Phi) is 4.41. The van der Waals surface area contributed by atoms with Crippen LogP contribution >= 0.6 is 15.9 Å². The van der Waals surface area contributed by atoms with Gasteiger partial charge in [-0.05, 0) is 12.1 Å². The van der Waals surface area contributed by atoms with Crippen LogP contribution in [0.5, 0.6) is 0 Å². The molecule has 0 bridgehead atoms. The first-order valence-electron chi connectivity index (χ1n) is 4.02. The molecule has 0 saturated heterocycles. The zero-order chi connectivity index (χ0) is 10.6. The third-order valence-electron chi connectivity index (χ3n) is 1.63. The second kappa shape index (κ2) is 5.36. The Balaban J connectivity index is 2.51. The summed E-state index contributed by atoms with van der Waals surface area (Å²) in [7, 11) is 0. The van der Waals surface area contributed by atoms with Crippen LogP contribution in [0.4, 0.5) is 13.2 Å². The normalized spacial score (nSPS) is 10.9. The Morgan fingerprint density at radius 2 is 2.07 bits per heavy atom. The summed E-state index contributed by atoms with van der Waals surface area (Å²) in [6.45, 7) is -0.307. The molecule has 0 aliphatic heterocycles. The van der Waals surface area contributed by atoms with Gasteiger partial charge in [0.15, 0.2) is 0 Å². The number of nitrogens with one attached hydrogen (secondary N) is 1.